The number of hydrogen-bond donors (Lipinski definition) is 0. The molecule has 0 saturated carbocycles. The van der Waals surface area contributed by atoms with Crippen molar-refractivity contribution in [3.05, 3.63) is 106 Å². The summed E-state index contributed by atoms with van der Waals surface area (Å²) >= 11 is 12.3. The lowest BCUT2D eigenvalue weighted by Gasteiger charge is -2.33. The second kappa shape index (κ2) is 12.4. The standard InChI is InChI=1S/C23H26Cl2N2O.C6H6/c24-20-6-7-22(25)21(14-20)23(28)27-13-8-17(16-27)15-26-11-9-19(10-12-26)18-4-2-1-3-5-18;1-2-4-6-5-3-1/h1-7,14,17,19H,8-13,15-16H2;1-6H/t17-;/m0./s1. The molecule has 2 saturated heterocycles. The second-order valence-electron chi connectivity index (χ2n) is 9.17. The lowest BCUT2D eigenvalue weighted by molar-refractivity contribution is 0.0782. The number of piperidine rings is 1. The third-order valence-electron chi connectivity index (χ3n) is 6.77. The zero-order valence-corrected chi connectivity index (χ0v) is 21.0. The Labute approximate surface area is 213 Å². The van der Waals surface area contributed by atoms with Crippen LogP contribution in [-0.4, -0.2) is 48.4 Å². The van der Waals surface area contributed by atoms with Crippen molar-refractivity contribution >= 4 is 29.1 Å². The Morgan fingerprint density at radius 1 is 0.794 bits per heavy atom. The molecule has 5 rings (SSSR count). The molecule has 0 unspecified atom stereocenters. The van der Waals surface area contributed by atoms with E-state index in [2.05, 4.69) is 35.2 Å². The van der Waals surface area contributed by atoms with Crippen LogP contribution in [0.25, 0.3) is 0 Å². The van der Waals surface area contributed by atoms with Crippen LogP contribution in [0.4, 0.5) is 0 Å². The first-order chi connectivity index (χ1) is 16.6. The highest BCUT2D eigenvalue weighted by atomic mass is 35.5. The molecule has 34 heavy (non-hydrogen) atoms. The minimum Gasteiger partial charge on any atom is -0.338 e. The van der Waals surface area contributed by atoms with Crippen molar-refractivity contribution in [2.75, 3.05) is 32.7 Å². The van der Waals surface area contributed by atoms with Gasteiger partial charge in [0, 0.05) is 24.7 Å². The summed E-state index contributed by atoms with van der Waals surface area (Å²) in [7, 11) is 0. The molecule has 3 aromatic carbocycles. The average Bonchev–Trinajstić information content (AvgIpc) is 3.36. The van der Waals surface area contributed by atoms with Crippen molar-refractivity contribution in [2.24, 2.45) is 5.92 Å². The van der Waals surface area contributed by atoms with Gasteiger partial charge < -0.3 is 9.80 Å². The molecule has 2 heterocycles. The van der Waals surface area contributed by atoms with Gasteiger partial charge in [0.2, 0.25) is 0 Å². The fourth-order valence-electron chi connectivity index (χ4n) is 4.92. The maximum absolute atomic E-state index is 12.8. The highest BCUT2D eigenvalue weighted by molar-refractivity contribution is 6.35. The number of rotatable bonds is 4. The molecule has 5 heteroatoms. The fraction of sp³-hybridized carbons (Fsp3) is 0.345. The van der Waals surface area contributed by atoms with Gasteiger partial charge in [-0.15, -0.1) is 0 Å². The van der Waals surface area contributed by atoms with Crippen molar-refractivity contribution in [3.63, 3.8) is 0 Å². The minimum atomic E-state index is -0.00205. The molecule has 3 aromatic rings. The Morgan fingerprint density at radius 3 is 2.06 bits per heavy atom. The van der Waals surface area contributed by atoms with Crippen LogP contribution in [0.5, 0.6) is 0 Å². The van der Waals surface area contributed by atoms with E-state index in [-0.39, 0.29) is 5.91 Å². The topological polar surface area (TPSA) is 23.6 Å². The van der Waals surface area contributed by atoms with Crippen LogP contribution >= 0.6 is 23.2 Å². The number of benzene rings is 3. The molecule has 0 spiro atoms. The highest BCUT2D eigenvalue weighted by Gasteiger charge is 2.30. The summed E-state index contributed by atoms with van der Waals surface area (Å²) in [5.74, 6) is 1.22. The smallest absolute Gasteiger partial charge is 0.255 e. The molecular formula is C29H32Cl2N2O. The Kier molecular flexibility index (Phi) is 9.04. The Balaban J connectivity index is 0.000000398. The molecule has 178 valence electrons. The van der Waals surface area contributed by atoms with E-state index >= 15 is 0 Å². The third-order valence-corrected chi connectivity index (χ3v) is 7.34. The van der Waals surface area contributed by atoms with Gasteiger partial charge >= 0.3 is 0 Å². The zero-order chi connectivity index (χ0) is 23.8. The molecule has 0 N–H and O–H groups in total. The van der Waals surface area contributed by atoms with E-state index in [0.29, 0.717) is 27.4 Å². The predicted octanol–water partition coefficient (Wildman–Crippen LogP) is 7.02. The summed E-state index contributed by atoms with van der Waals surface area (Å²) in [5.41, 5.74) is 1.98. The van der Waals surface area contributed by atoms with Crippen LogP contribution in [0.1, 0.15) is 41.1 Å². The van der Waals surface area contributed by atoms with Crippen LogP contribution < -0.4 is 0 Å². The third kappa shape index (κ3) is 6.85. The van der Waals surface area contributed by atoms with E-state index in [1.807, 2.05) is 41.3 Å². The van der Waals surface area contributed by atoms with Gasteiger partial charge in [-0.05, 0) is 68.0 Å². The number of amides is 1. The molecule has 3 nitrogen and oxygen atoms in total. The van der Waals surface area contributed by atoms with E-state index in [1.165, 1.54) is 18.4 Å². The van der Waals surface area contributed by atoms with E-state index in [9.17, 15) is 4.79 Å². The van der Waals surface area contributed by atoms with Gasteiger partial charge in [-0.1, -0.05) is 89.9 Å². The minimum absolute atomic E-state index is 0.00205. The number of halogens is 2. The number of nitrogens with zero attached hydrogens (tertiary/aromatic N) is 2. The highest BCUT2D eigenvalue weighted by Crippen LogP contribution is 2.30. The average molecular weight is 495 g/mol. The number of hydrogen-bond acceptors (Lipinski definition) is 2. The van der Waals surface area contributed by atoms with Crippen LogP contribution in [-0.2, 0) is 0 Å². The SMILES string of the molecule is O=C(c1cc(Cl)ccc1Cl)N1CC[C@@H](CN2CCC(c3ccccc3)CC2)C1.c1ccccc1. The molecule has 0 aliphatic carbocycles. The maximum Gasteiger partial charge on any atom is 0.255 e. The molecule has 2 aliphatic rings. The quantitative estimate of drug-likeness (QED) is 0.388. The van der Waals surface area contributed by atoms with E-state index in [0.717, 1.165) is 39.1 Å². The molecular weight excluding hydrogens is 463 g/mol. The molecule has 1 amide bonds. The molecule has 2 aliphatic heterocycles. The number of carbonyl (C=O) groups excluding carboxylic acids is 1. The summed E-state index contributed by atoms with van der Waals surface area (Å²) in [5, 5.41) is 1.02. The molecule has 0 aromatic heterocycles. The summed E-state index contributed by atoms with van der Waals surface area (Å²) in [4.78, 5) is 17.3. The van der Waals surface area contributed by atoms with Gasteiger partial charge in [-0.2, -0.15) is 0 Å². The first kappa shape index (κ1) is 24.8. The summed E-state index contributed by atoms with van der Waals surface area (Å²) in [6.07, 6.45) is 3.50. The van der Waals surface area contributed by atoms with Crippen molar-refractivity contribution in [1.82, 2.24) is 9.80 Å². The van der Waals surface area contributed by atoms with Gasteiger partial charge in [-0.3, -0.25) is 4.79 Å². The van der Waals surface area contributed by atoms with Crippen LogP contribution in [0.3, 0.4) is 0 Å². The lowest BCUT2D eigenvalue weighted by Crippen LogP contribution is -2.37. The molecule has 0 radical (unpaired) electrons. The van der Waals surface area contributed by atoms with Crippen LogP contribution in [0, 0.1) is 5.92 Å². The fourth-order valence-corrected chi connectivity index (χ4v) is 5.29. The predicted molar refractivity (Wildman–Crippen MR) is 142 cm³/mol. The molecule has 2 fully saturated rings. The Bertz CT molecular complexity index is 1010. The number of likely N-dealkylation sites (tertiary alicyclic amines) is 2. The van der Waals surface area contributed by atoms with Crippen LogP contribution in [0.2, 0.25) is 10.0 Å². The Morgan fingerprint density at radius 2 is 1.41 bits per heavy atom. The van der Waals surface area contributed by atoms with E-state index in [1.54, 1.807) is 18.2 Å². The maximum atomic E-state index is 12.8. The van der Waals surface area contributed by atoms with E-state index < -0.39 is 0 Å². The Hall–Kier alpha value is -2.33. The van der Waals surface area contributed by atoms with Crippen molar-refractivity contribution in [1.29, 1.82) is 0 Å². The van der Waals surface area contributed by atoms with Crippen molar-refractivity contribution in [3.8, 4) is 0 Å². The summed E-state index contributed by atoms with van der Waals surface area (Å²) < 4.78 is 0. The van der Waals surface area contributed by atoms with Gasteiger partial charge in [0.1, 0.15) is 0 Å². The van der Waals surface area contributed by atoms with Gasteiger partial charge in [0.15, 0.2) is 0 Å². The van der Waals surface area contributed by atoms with Crippen molar-refractivity contribution < 1.29 is 4.79 Å². The van der Waals surface area contributed by atoms with Gasteiger partial charge in [0.25, 0.3) is 5.91 Å². The summed E-state index contributed by atoms with van der Waals surface area (Å²) in [6, 6.07) is 27.9. The zero-order valence-electron chi connectivity index (χ0n) is 19.5. The molecule has 0 bridgehead atoms. The lowest BCUT2D eigenvalue weighted by atomic mass is 9.89. The monoisotopic (exact) mass is 494 g/mol. The largest absolute Gasteiger partial charge is 0.338 e. The van der Waals surface area contributed by atoms with Crippen molar-refractivity contribution in [2.45, 2.75) is 25.2 Å². The first-order valence-electron chi connectivity index (χ1n) is 12.1. The normalized spacial score (nSPS) is 18.9. The molecule has 1 atom stereocenters. The van der Waals surface area contributed by atoms with Gasteiger partial charge in [-0.25, -0.2) is 0 Å². The van der Waals surface area contributed by atoms with E-state index in [4.69, 9.17) is 23.2 Å². The van der Waals surface area contributed by atoms with Crippen LogP contribution in [0.15, 0.2) is 84.9 Å². The second-order valence-corrected chi connectivity index (χ2v) is 10.0. The number of carbonyl (C=O) groups is 1. The first-order valence-corrected chi connectivity index (χ1v) is 12.9. The van der Waals surface area contributed by atoms with Gasteiger partial charge in [0.05, 0.1) is 10.6 Å². The summed E-state index contributed by atoms with van der Waals surface area (Å²) in [6.45, 7) is 4.97.